The van der Waals surface area contributed by atoms with Crippen molar-refractivity contribution in [3.8, 4) is 5.69 Å². The number of carboxylic acids is 1. The van der Waals surface area contributed by atoms with Gasteiger partial charge in [0.25, 0.3) is 0 Å². The Labute approximate surface area is 230 Å². The van der Waals surface area contributed by atoms with Gasteiger partial charge in [-0.3, -0.25) is 4.79 Å². The summed E-state index contributed by atoms with van der Waals surface area (Å²) in [5, 5.41) is 13.7. The van der Waals surface area contributed by atoms with Crippen LogP contribution in [0.4, 0.5) is 10.1 Å². The summed E-state index contributed by atoms with van der Waals surface area (Å²) in [7, 11) is 0. The number of anilines is 1. The number of hydrogen-bond donors (Lipinski definition) is 1. The second-order valence-electron chi connectivity index (χ2n) is 11.0. The highest BCUT2D eigenvalue weighted by Crippen LogP contribution is 2.45. The summed E-state index contributed by atoms with van der Waals surface area (Å²) in [6.07, 6.45) is 6.88. The number of fused-ring (bicyclic) bond motifs is 2. The van der Waals surface area contributed by atoms with Crippen LogP contribution >= 0.6 is 0 Å². The number of rotatable bonds is 9. The average molecular weight is 534 g/mol. The third-order valence-corrected chi connectivity index (χ3v) is 8.43. The minimum absolute atomic E-state index is 0.0109. The molecule has 1 aromatic heterocycles. The Bertz CT molecular complexity index is 1310. The number of ether oxygens (including phenoxy) is 1. The first-order valence-corrected chi connectivity index (χ1v) is 14.4. The van der Waals surface area contributed by atoms with Gasteiger partial charge < -0.3 is 14.7 Å². The van der Waals surface area contributed by atoms with Gasteiger partial charge in [0.1, 0.15) is 5.82 Å². The molecule has 6 nitrogen and oxygen atoms in total. The standard InChI is InChI=1S/C30H34FN3O3.C2H6/c1-18-4-3-5-19(2)30(18)34-27(24(15-32-34)21-8-9-21)17-37-28-14-23-13-22(28)16-33(23)26-10-6-20(12-25(26)31)7-11-29(35)36;1-2/h3-6,10,12,15,21-23,28H,7-9,11,13-14,16-17H2,1-2H3,(H,35,36);1-2H3. The zero-order valence-electron chi connectivity index (χ0n) is 23.5. The first kappa shape index (κ1) is 27.4. The van der Waals surface area contributed by atoms with Crippen molar-refractivity contribution in [2.45, 2.75) is 90.9 Å². The Kier molecular flexibility index (Phi) is 8.08. The van der Waals surface area contributed by atoms with Crippen molar-refractivity contribution in [1.82, 2.24) is 9.78 Å². The Morgan fingerprint density at radius 2 is 1.87 bits per heavy atom. The predicted molar refractivity (Wildman–Crippen MR) is 151 cm³/mol. The number of aromatic nitrogens is 2. The summed E-state index contributed by atoms with van der Waals surface area (Å²) in [4.78, 5) is 13.0. The lowest BCUT2D eigenvalue weighted by atomic mass is 10.0. The number of nitrogens with zero attached hydrogens (tertiary/aromatic N) is 3. The van der Waals surface area contributed by atoms with Crippen molar-refractivity contribution in [2.75, 3.05) is 11.4 Å². The van der Waals surface area contributed by atoms with Crippen LogP contribution in [0, 0.1) is 25.6 Å². The summed E-state index contributed by atoms with van der Waals surface area (Å²) in [5.41, 5.74) is 7.39. The lowest BCUT2D eigenvalue weighted by Crippen LogP contribution is -2.39. The summed E-state index contributed by atoms with van der Waals surface area (Å²) in [6, 6.07) is 11.8. The quantitative estimate of drug-likeness (QED) is 0.330. The van der Waals surface area contributed by atoms with Gasteiger partial charge in [0, 0.05) is 24.9 Å². The van der Waals surface area contributed by atoms with Crippen molar-refractivity contribution < 1.29 is 19.0 Å². The van der Waals surface area contributed by atoms with E-state index in [1.165, 1.54) is 41.3 Å². The Morgan fingerprint density at radius 3 is 2.49 bits per heavy atom. The van der Waals surface area contributed by atoms with Crippen LogP contribution in [-0.2, 0) is 22.6 Å². The molecule has 39 heavy (non-hydrogen) atoms. The van der Waals surface area contributed by atoms with Crippen molar-refractivity contribution in [1.29, 1.82) is 0 Å². The maximum Gasteiger partial charge on any atom is 0.303 e. The third kappa shape index (κ3) is 5.60. The van der Waals surface area contributed by atoms with Gasteiger partial charge in [0.2, 0.25) is 0 Å². The van der Waals surface area contributed by atoms with Crippen LogP contribution in [0.25, 0.3) is 5.69 Å². The van der Waals surface area contributed by atoms with E-state index in [9.17, 15) is 9.18 Å². The fourth-order valence-electron chi connectivity index (χ4n) is 6.38. The first-order valence-electron chi connectivity index (χ1n) is 14.4. The monoisotopic (exact) mass is 533 g/mol. The second-order valence-corrected chi connectivity index (χ2v) is 11.0. The highest BCUT2D eigenvalue weighted by atomic mass is 19.1. The van der Waals surface area contributed by atoms with Crippen LogP contribution in [0.15, 0.2) is 42.6 Å². The average Bonchev–Trinajstić information content (AvgIpc) is 3.38. The first-order chi connectivity index (χ1) is 18.9. The number of halogens is 1. The largest absolute Gasteiger partial charge is 0.481 e. The van der Waals surface area contributed by atoms with Crippen molar-refractivity contribution in [3.63, 3.8) is 0 Å². The molecule has 6 rings (SSSR count). The van der Waals surface area contributed by atoms with Gasteiger partial charge in [-0.2, -0.15) is 5.10 Å². The lowest BCUT2D eigenvalue weighted by molar-refractivity contribution is -0.136. The van der Waals surface area contributed by atoms with E-state index >= 15 is 0 Å². The summed E-state index contributed by atoms with van der Waals surface area (Å²) >= 11 is 0. The van der Waals surface area contributed by atoms with E-state index in [0.717, 1.165) is 30.6 Å². The van der Waals surface area contributed by atoms with Crippen LogP contribution in [0.5, 0.6) is 0 Å². The van der Waals surface area contributed by atoms with Gasteiger partial charge in [-0.05, 0) is 86.3 Å². The smallest absolute Gasteiger partial charge is 0.303 e. The van der Waals surface area contributed by atoms with E-state index in [1.54, 1.807) is 0 Å². The molecule has 2 saturated carbocycles. The molecule has 3 unspecified atom stereocenters. The van der Waals surface area contributed by atoms with E-state index in [-0.39, 0.29) is 24.4 Å². The minimum atomic E-state index is -0.867. The Balaban J connectivity index is 0.00000151. The molecule has 0 radical (unpaired) electrons. The highest BCUT2D eigenvalue weighted by Gasteiger charge is 2.46. The number of benzene rings is 2. The molecule has 1 aliphatic heterocycles. The van der Waals surface area contributed by atoms with E-state index in [0.29, 0.717) is 30.6 Å². The van der Waals surface area contributed by atoms with Gasteiger partial charge in [-0.1, -0.05) is 38.1 Å². The predicted octanol–water partition coefficient (Wildman–Crippen LogP) is 6.73. The zero-order valence-corrected chi connectivity index (χ0v) is 23.5. The molecule has 2 aliphatic carbocycles. The highest BCUT2D eigenvalue weighted by molar-refractivity contribution is 5.67. The Morgan fingerprint density at radius 1 is 1.13 bits per heavy atom. The second kappa shape index (κ2) is 11.5. The van der Waals surface area contributed by atoms with Crippen LogP contribution in [-0.4, -0.2) is 39.5 Å². The van der Waals surface area contributed by atoms with E-state index in [1.807, 2.05) is 32.2 Å². The molecule has 3 atom stereocenters. The van der Waals surface area contributed by atoms with Gasteiger partial charge in [-0.25, -0.2) is 9.07 Å². The maximum absolute atomic E-state index is 14.9. The minimum Gasteiger partial charge on any atom is -0.481 e. The Hall–Kier alpha value is -3.19. The molecule has 1 N–H and O–H groups in total. The molecule has 2 heterocycles. The maximum atomic E-state index is 14.9. The molecule has 7 heteroatoms. The van der Waals surface area contributed by atoms with Crippen LogP contribution < -0.4 is 4.90 Å². The summed E-state index contributed by atoms with van der Waals surface area (Å²) in [6.45, 7) is 9.59. The molecule has 2 aromatic carbocycles. The number of carbonyl (C=O) groups is 1. The van der Waals surface area contributed by atoms with Crippen LogP contribution in [0.2, 0.25) is 0 Å². The molecular formula is C32H40FN3O3. The van der Waals surface area contributed by atoms with Gasteiger partial charge in [-0.15, -0.1) is 0 Å². The number of carboxylic acid groups (broad SMARTS) is 1. The number of aliphatic carboxylic acids is 1. The number of hydrogen-bond acceptors (Lipinski definition) is 4. The van der Waals surface area contributed by atoms with Crippen molar-refractivity contribution in [3.05, 3.63) is 76.4 Å². The fourth-order valence-corrected chi connectivity index (χ4v) is 6.38. The van der Waals surface area contributed by atoms with Gasteiger partial charge >= 0.3 is 5.97 Å². The molecule has 3 aromatic rings. The molecule has 0 amide bonds. The molecule has 1 saturated heterocycles. The number of para-hydroxylation sites is 1. The fraction of sp³-hybridized carbons (Fsp3) is 0.500. The molecular weight excluding hydrogens is 493 g/mol. The summed E-state index contributed by atoms with van der Waals surface area (Å²) < 4.78 is 23.6. The third-order valence-electron chi connectivity index (χ3n) is 8.43. The van der Waals surface area contributed by atoms with Gasteiger partial charge in [0.15, 0.2) is 0 Å². The molecule has 3 fully saturated rings. The topological polar surface area (TPSA) is 67.6 Å². The van der Waals surface area contributed by atoms with Crippen molar-refractivity contribution >= 4 is 11.7 Å². The van der Waals surface area contributed by atoms with E-state index in [4.69, 9.17) is 14.9 Å². The molecule has 208 valence electrons. The molecule has 3 aliphatic rings. The summed E-state index contributed by atoms with van der Waals surface area (Å²) in [5.74, 6) is -0.168. The number of piperidine rings is 1. The lowest BCUT2D eigenvalue weighted by Gasteiger charge is -2.33. The van der Waals surface area contributed by atoms with E-state index < -0.39 is 5.97 Å². The number of aryl methyl sites for hydroxylation is 3. The van der Waals surface area contributed by atoms with Crippen LogP contribution in [0.3, 0.4) is 0 Å². The van der Waals surface area contributed by atoms with E-state index in [2.05, 4.69) is 41.6 Å². The van der Waals surface area contributed by atoms with Crippen LogP contribution in [0.1, 0.15) is 79.8 Å². The normalized spacial score (nSPS) is 21.7. The molecule has 0 spiro atoms. The van der Waals surface area contributed by atoms with Crippen molar-refractivity contribution in [2.24, 2.45) is 5.92 Å². The van der Waals surface area contributed by atoms with Gasteiger partial charge in [0.05, 0.1) is 36.0 Å². The molecule has 2 bridgehead atoms. The zero-order chi connectivity index (χ0) is 27.7. The SMILES string of the molecule is CC.Cc1cccc(C)c1-n1ncc(C2CC2)c1COC1CC2CC1CN2c1ccc(CCC(=O)O)cc1F.